The van der Waals surface area contributed by atoms with Gasteiger partial charge in [0.05, 0.1) is 0 Å². The zero-order valence-corrected chi connectivity index (χ0v) is 10.9. The van der Waals surface area contributed by atoms with Crippen molar-refractivity contribution in [3.05, 3.63) is 12.7 Å². The molecule has 0 radical (unpaired) electrons. The van der Waals surface area contributed by atoms with Crippen LogP contribution in [-0.4, -0.2) is 35.0 Å². The van der Waals surface area contributed by atoms with Crippen LogP contribution in [-0.2, 0) is 14.3 Å². The van der Waals surface area contributed by atoms with E-state index in [2.05, 4.69) is 6.58 Å². The lowest BCUT2D eigenvalue weighted by Crippen LogP contribution is -2.43. The smallest absolute Gasteiger partial charge is 0.329 e. The quantitative estimate of drug-likeness (QED) is 0.558. The summed E-state index contributed by atoms with van der Waals surface area (Å²) < 4.78 is 5.32. The Morgan fingerprint density at radius 1 is 1.47 bits per heavy atom. The molecule has 0 aromatic heterocycles. The normalized spacial score (nSPS) is 20.2. The summed E-state index contributed by atoms with van der Waals surface area (Å²) in [4.78, 5) is 25.3. The van der Waals surface area contributed by atoms with E-state index in [-0.39, 0.29) is 18.3 Å². The number of hydrogen-bond donors (Lipinski definition) is 0. The van der Waals surface area contributed by atoms with Gasteiger partial charge in [0.1, 0.15) is 11.6 Å². The van der Waals surface area contributed by atoms with Crippen molar-refractivity contribution >= 4 is 11.9 Å². The number of carbonyl (C=O) groups is 2. The minimum absolute atomic E-state index is 0.0478. The van der Waals surface area contributed by atoms with Crippen molar-refractivity contribution in [2.24, 2.45) is 0 Å². The van der Waals surface area contributed by atoms with E-state index in [1.165, 1.54) is 0 Å². The van der Waals surface area contributed by atoms with Crippen LogP contribution in [0.1, 0.15) is 40.0 Å². The van der Waals surface area contributed by atoms with E-state index in [1.807, 2.05) is 20.8 Å². The number of nitrogens with zero attached hydrogens (tertiary/aromatic N) is 1. The van der Waals surface area contributed by atoms with E-state index in [0.29, 0.717) is 13.0 Å². The lowest BCUT2D eigenvalue weighted by Gasteiger charge is -2.27. The maximum absolute atomic E-state index is 11.9. The highest BCUT2D eigenvalue weighted by atomic mass is 16.6. The third-order valence-electron chi connectivity index (χ3n) is 2.57. The summed E-state index contributed by atoms with van der Waals surface area (Å²) in [6.45, 7) is 9.66. The molecule has 1 aliphatic rings. The molecule has 4 heteroatoms. The average molecular weight is 239 g/mol. The number of carbonyl (C=O) groups excluding carboxylic acids is 2. The molecule has 96 valence electrons. The maximum atomic E-state index is 11.9. The standard InChI is InChI=1S/C13H21NO3/c1-5-7-11(15)14-9-6-8-10(14)12(16)17-13(2,3)4/h5,10H,1,6-9H2,2-4H3/t10-/m0/s1. The Bertz CT molecular complexity index is 317. The molecule has 1 aliphatic heterocycles. The molecule has 4 nitrogen and oxygen atoms in total. The summed E-state index contributed by atoms with van der Waals surface area (Å²) in [5.74, 6) is -0.347. The molecule has 1 amide bonds. The van der Waals surface area contributed by atoms with E-state index >= 15 is 0 Å². The summed E-state index contributed by atoms with van der Waals surface area (Å²) in [6, 6.07) is -0.415. The fraction of sp³-hybridized carbons (Fsp3) is 0.692. The lowest BCUT2D eigenvalue weighted by molar-refractivity contribution is -0.163. The van der Waals surface area contributed by atoms with Gasteiger partial charge in [-0.25, -0.2) is 4.79 Å². The molecule has 1 saturated heterocycles. The summed E-state index contributed by atoms with van der Waals surface area (Å²) in [6.07, 6.45) is 3.39. The Morgan fingerprint density at radius 2 is 2.12 bits per heavy atom. The first-order chi connectivity index (χ1) is 7.85. The Balaban J connectivity index is 2.66. The average Bonchev–Trinajstić information content (AvgIpc) is 2.63. The van der Waals surface area contributed by atoms with Gasteiger partial charge in [-0.1, -0.05) is 6.08 Å². The fourth-order valence-corrected chi connectivity index (χ4v) is 1.92. The predicted octanol–water partition coefficient (Wildman–Crippen LogP) is 1.90. The summed E-state index contributed by atoms with van der Waals surface area (Å²) in [7, 11) is 0. The molecule has 1 atom stereocenters. The Hall–Kier alpha value is -1.32. The van der Waals surface area contributed by atoms with Crippen molar-refractivity contribution < 1.29 is 14.3 Å². The third-order valence-corrected chi connectivity index (χ3v) is 2.57. The van der Waals surface area contributed by atoms with Crippen LogP contribution in [0.2, 0.25) is 0 Å². The van der Waals surface area contributed by atoms with Crippen LogP contribution in [0.4, 0.5) is 0 Å². The minimum Gasteiger partial charge on any atom is -0.458 e. The van der Waals surface area contributed by atoms with Gasteiger partial charge in [-0.2, -0.15) is 0 Å². The Labute approximate surface area is 103 Å². The second kappa shape index (κ2) is 5.34. The topological polar surface area (TPSA) is 46.6 Å². The molecule has 0 aliphatic carbocycles. The number of esters is 1. The molecule has 0 aromatic carbocycles. The van der Waals surface area contributed by atoms with Gasteiger partial charge in [0.2, 0.25) is 5.91 Å². The second-order valence-electron chi connectivity index (χ2n) is 5.27. The fourth-order valence-electron chi connectivity index (χ4n) is 1.92. The summed E-state index contributed by atoms with van der Waals surface area (Å²) in [5.41, 5.74) is -0.507. The van der Waals surface area contributed by atoms with Gasteiger partial charge in [-0.05, 0) is 33.6 Å². The van der Waals surface area contributed by atoms with E-state index in [1.54, 1.807) is 11.0 Å². The van der Waals surface area contributed by atoms with Crippen molar-refractivity contribution in [1.29, 1.82) is 0 Å². The molecule has 0 aromatic rings. The minimum atomic E-state index is -0.507. The van der Waals surface area contributed by atoms with Gasteiger partial charge >= 0.3 is 5.97 Å². The maximum Gasteiger partial charge on any atom is 0.329 e. The summed E-state index contributed by atoms with van der Waals surface area (Å²) in [5, 5.41) is 0. The molecular weight excluding hydrogens is 218 g/mol. The van der Waals surface area contributed by atoms with Crippen molar-refractivity contribution in [3.63, 3.8) is 0 Å². The van der Waals surface area contributed by atoms with Crippen LogP contribution < -0.4 is 0 Å². The molecule has 17 heavy (non-hydrogen) atoms. The molecule has 1 fully saturated rings. The van der Waals surface area contributed by atoms with Gasteiger partial charge in [-0.3, -0.25) is 4.79 Å². The number of rotatable bonds is 3. The van der Waals surface area contributed by atoms with Gasteiger partial charge < -0.3 is 9.64 Å². The number of likely N-dealkylation sites (tertiary alicyclic amines) is 1. The molecule has 0 bridgehead atoms. The van der Waals surface area contributed by atoms with E-state index in [0.717, 1.165) is 6.42 Å². The van der Waals surface area contributed by atoms with E-state index < -0.39 is 11.6 Å². The Kier molecular flexibility index (Phi) is 4.32. The molecular formula is C13H21NO3. The van der Waals surface area contributed by atoms with Gasteiger partial charge in [0, 0.05) is 13.0 Å². The van der Waals surface area contributed by atoms with Crippen LogP contribution in [0.15, 0.2) is 12.7 Å². The second-order valence-corrected chi connectivity index (χ2v) is 5.27. The highest BCUT2D eigenvalue weighted by Crippen LogP contribution is 2.21. The molecule has 0 N–H and O–H groups in total. The molecule has 0 saturated carbocycles. The zero-order chi connectivity index (χ0) is 13.1. The van der Waals surface area contributed by atoms with Crippen LogP contribution in [0.5, 0.6) is 0 Å². The zero-order valence-electron chi connectivity index (χ0n) is 10.9. The molecule has 0 unspecified atom stereocenters. The highest BCUT2D eigenvalue weighted by molar-refractivity contribution is 5.86. The van der Waals surface area contributed by atoms with Crippen LogP contribution >= 0.6 is 0 Å². The van der Waals surface area contributed by atoms with Gasteiger partial charge in [0.15, 0.2) is 0 Å². The molecule has 1 rings (SSSR count). The SMILES string of the molecule is C=CCC(=O)N1CCC[C@H]1C(=O)OC(C)(C)C. The highest BCUT2D eigenvalue weighted by Gasteiger charge is 2.36. The largest absolute Gasteiger partial charge is 0.458 e. The molecule has 0 spiro atoms. The van der Waals surface area contributed by atoms with Crippen LogP contribution in [0, 0.1) is 0 Å². The van der Waals surface area contributed by atoms with Crippen molar-refractivity contribution in [1.82, 2.24) is 4.90 Å². The number of ether oxygens (including phenoxy) is 1. The Morgan fingerprint density at radius 3 is 2.65 bits per heavy atom. The third kappa shape index (κ3) is 3.88. The van der Waals surface area contributed by atoms with Crippen molar-refractivity contribution in [3.8, 4) is 0 Å². The van der Waals surface area contributed by atoms with Crippen LogP contribution in [0.25, 0.3) is 0 Å². The van der Waals surface area contributed by atoms with Gasteiger partial charge in [-0.15, -0.1) is 6.58 Å². The number of amides is 1. The van der Waals surface area contributed by atoms with Gasteiger partial charge in [0.25, 0.3) is 0 Å². The first-order valence-corrected chi connectivity index (χ1v) is 5.98. The monoisotopic (exact) mass is 239 g/mol. The number of hydrogen-bond acceptors (Lipinski definition) is 3. The first-order valence-electron chi connectivity index (χ1n) is 5.98. The van der Waals surface area contributed by atoms with E-state index in [4.69, 9.17) is 4.74 Å². The lowest BCUT2D eigenvalue weighted by atomic mass is 10.1. The van der Waals surface area contributed by atoms with Crippen LogP contribution in [0.3, 0.4) is 0 Å². The van der Waals surface area contributed by atoms with E-state index in [9.17, 15) is 9.59 Å². The summed E-state index contributed by atoms with van der Waals surface area (Å²) >= 11 is 0. The first kappa shape index (κ1) is 13.7. The predicted molar refractivity (Wildman–Crippen MR) is 65.4 cm³/mol. The van der Waals surface area contributed by atoms with Crippen molar-refractivity contribution in [2.45, 2.75) is 51.7 Å². The molecule has 1 heterocycles. The van der Waals surface area contributed by atoms with Crippen molar-refractivity contribution in [2.75, 3.05) is 6.54 Å².